The smallest absolute Gasteiger partial charge is 0.145 e. The van der Waals surface area contributed by atoms with Crippen molar-refractivity contribution in [2.24, 2.45) is 5.73 Å². The Balaban J connectivity index is 2.28. The van der Waals surface area contributed by atoms with Crippen molar-refractivity contribution in [3.05, 3.63) is 66.1 Å². The van der Waals surface area contributed by atoms with Crippen LogP contribution in [0.2, 0.25) is 0 Å². The van der Waals surface area contributed by atoms with E-state index in [0.717, 1.165) is 22.8 Å². The van der Waals surface area contributed by atoms with Crippen LogP contribution in [0.15, 0.2) is 54.9 Å². The molecule has 4 heteroatoms. The Morgan fingerprint density at radius 2 is 1.71 bits per heavy atom. The summed E-state index contributed by atoms with van der Waals surface area (Å²) in [4.78, 5) is 0. The maximum atomic E-state index is 6.02. The highest BCUT2D eigenvalue weighted by atomic mass is 15.3. The van der Waals surface area contributed by atoms with Gasteiger partial charge in [-0.1, -0.05) is 32.0 Å². The number of benzene rings is 1. The van der Waals surface area contributed by atoms with Gasteiger partial charge in [-0.3, -0.25) is 0 Å². The van der Waals surface area contributed by atoms with Crippen LogP contribution < -0.4 is 5.73 Å². The van der Waals surface area contributed by atoms with Gasteiger partial charge in [-0.05, 0) is 30.2 Å². The molecule has 2 aromatic heterocycles. The van der Waals surface area contributed by atoms with Gasteiger partial charge in [-0.25, -0.2) is 4.68 Å². The third-order valence-electron chi connectivity index (χ3n) is 3.59. The Bertz CT molecular complexity index is 709. The molecule has 21 heavy (non-hydrogen) atoms. The van der Waals surface area contributed by atoms with Crippen LogP contribution in [0.4, 0.5) is 0 Å². The Labute approximate surface area is 124 Å². The van der Waals surface area contributed by atoms with Crippen molar-refractivity contribution in [1.29, 1.82) is 0 Å². The minimum absolute atomic E-state index is 0.336. The normalized spacial score (nSPS) is 11.2. The molecule has 1 aromatic carbocycles. The molecule has 2 heterocycles. The summed E-state index contributed by atoms with van der Waals surface area (Å²) in [6.07, 6.45) is 4.06. The third kappa shape index (κ3) is 2.38. The highest BCUT2D eigenvalue weighted by Gasteiger charge is 2.20. The van der Waals surface area contributed by atoms with Crippen molar-refractivity contribution in [3.63, 3.8) is 0 Å². The number of para-hydroxylation sites is 1. The lowest BCUT2D eigenvalue weighted by Gasteiger charge is -2.10. The van der Waals surface area contributed by atoms with E-state index in [0.29, 0.717) is 12.5 Å². The molecule has 0 spiro atoms. The minimum atomic E-state index is 0.336. The van der Waals surface area contributed by atoms with Crippen molar-refractivity contribution < 1.29 is 0 Å². The quantitative estimate of drug-likeness (QED) is 0.797. The summed E-state index contributed by atoms with van der Waals surface area (Å²) >= 11 is 0. The Morgan fingerprint density at radius 1 is 1.05 bits per heavy atom. The first-order chi connectivity index (χ1) is 10.2. The number of nitrogens with zero attached hydrogens (tertiary/aromatic N) is 3. The van der Waals surface area contributed by atoms with Crippen LogP contribution in [-0.4, -0.2) is 14.3 Å². The van der Waals surface area contributed by atoms with E-state index in [2.05, 4.69) is 30.5 Å². The van der Waals surface area contributed by atoms with Crippen molar-refractivity contribution in [2.45, 2.75) is 26.3 Å². The van der Waals surface area contributed by atoms with E-state index in [1.165, 1.54) is 0 Å². The fourth-order valence-electron chi connectivity index (χ4n) is 2.61. The molecule has 0 saturated heterocycles. The number of hydrogen-bond acceptors (Lipinski definition) is 2. The lowest BCUT2D eigenvalue weighted by atomic mass is 10.1. The molecule has 0 radical (unpaired) electrons. The zero-order valence-electron chi connectivity index (χ0n) is 12.4. The van der Waals surface area contributed by atoms with E-state index in [1.54, 1.807) is 0 Å². The molecule has 3 rings (SSSR count). The van der Waals surface area contributed by atoms with Gasteiger partial charge in [-0.15, -0.1) is 0 Å². The van der Waals surface area contributed by atoms with E-state index in [9.17, 15) is 0 Å². The zero-order valence-corrected chi connectivity index (χ0v) is 12.4. The van der Waals surface area contributed by atoms with Crippen LogP contribution in [0.25, 0.3) is 11.5 Å². The van der Waals surface area contributed by atoms with E-state index in [1.807, 2.05) is 47.4 Å². The molecule has 0 fully saturated rings. The number of aromatic nitrogens is 3. The molecule has 0 aliphatic rings. The topological polar surface area (TPSA) is 48.8 Å². The average molecular weight is 280 g/mol. The monoisotopic (exact) mass is 280 g/mol. The summed E-state index contributed by atoms with van der Waals surface area (Å²) in [5.74, 6) is 1.36. The van der Waals surface area contributed by atoms with Crippen molar-refractivity contribution in [2.75, 3.05) is 0 Å². The standard InChI is InChI=1S/C17H20N4/c1-13(2)16-15(12-18)17(20-10-6-7-11-20)21(19-16)14-8-4-3-5-9-14/h3-11,13H,12,18H2,1-2H3. The zero-order chi connectivity index (χ0) is 14.8. The van der Waals surface area contributed by atoms with Crippen LogP contribution in [0.5, 0.6) is 0 Å². The summed E-state index contributed by atoms with van der Waals surface area (Å²) in [5, 5.41) is 4.82. The molecule has 0 amide bonds. The summed E-state index contributed by atoms with van der Waals surface area (Å²) in [5.41, 5.74) is 9.23. The summed E-state index contributed by atoms with van der Waals surface area (Å²) in [6.45, 7) is 4.78. The van der Waals surface area contributed by atoms with Crippen LogP contribution in [0.3, 0.4) is 0 Å². The van der Waals surface area contributed by atoms with E-state index < -0.39 is 0 Å². The average Bonchev–Trinajstić information content (AvgIpc) is 3.14. The van der Waals surface area contributed by atoms with Crippen LogP contribution in [0, 0.1) is 0 Å². The van der Waals surface area contributed by atoms with Gasteiger partial charge in [0.2, 0.25) is 0 Å². The largest absolute Gasteiger partial charge is 0.326 e. The second kappa shape index (κ2) is 5.58. The molecule has 2 N–H and O–H groups in total. The molecule has 0 atom stereocenters. The van der Waals surface area contributed by atoms with Crippen molar-refractivity contribution in [3.8, 4) is 11.5 Å². The predicted molar refractivity (Wildman–Crippen MR) is 84.9 cm³/mol. The number of nitrogens with two attached hydrogens (primary N) is 1. The van der Waals surface area contributed by atoms with Gasteiger partial charge in [0, 0.05) is 24.5 Å². The minimum Gasteiger partial charge on any atom is -0.326 e. The van der Waals surface area contributed by atoms with Crippen molar-refractivity contribution in [1.82, 2.24) is 14.3 Å². The lowest BCUT2D eigenvalue weighted by Crippen LogP contribution is -2.08. The Morgan fingerprint density at radius 3 is 2.29 bits per heavy atom. The van der Waals surface area contributed by atoms with E-state index >= 15 is 0 Å². The Hall–Kier alpha value is -2.33. The van der Waals surface area contributed by atoms with Gasteiger partial charge >= 0.3 is 0 Å². The maximum Gasteiger partial charge on any atom is 0.145 e. The predicted octanol–water partition coefficient (Wildman–Crippen LogP) is 3.25. The first-order valence-electron chi connectivity index (χ1n) is 7.23. The van der Waals surface area contributed by atoms with Crippen molar-refractivity contribution >= 4 is 0 Å². The fourth-order valence-corrected chi connectivity index (χ4v) is 2.61. The molecular formula is C17H20N4. The molecule has 108 valence electrons. The van der Waals surface area contributed by atoms with Crippen LogP contribution in [0.1, 0.15) is 31.0 Å². The van der Waals surface area contributed by atoms with Gasteiger partial charge in [0.05, 0.1) is 11.4 Å². The number of hydrogen-bond donors (Lipinski definition) is 1. The third-order valence-corrected chi connectivity index (χ3v) is 3.59. The molecule has 3 aromatic rings. The van der Waals surface area contributed by atoms with Gasteiger partial charge in [0.1, 0.15) is 5.82 Å². The second-order valence-corrected chi connectivity index (χ2v) is 5.38. The highest BCUT2D eigenvalue weighted by Crippen LogP contribution is 2.27. The molecule has 0 bridgehead atoms. The summed E-state index contributed by atoms with van der Waals surface area (Å²) in [7, 11) is 0. The molecule has 0 unspecified atom stereocenters. The SMILES string of the molecule is CC(C)c1nn(-c2ccccc2)c(-n2cccc2)c1CN. The molecule has 4 nitrogen and oxygen atoms in total. The Kier molecular flexibility index (Phi) is 3.62. The van der Waals surface area contributed by atoms with Gasteiger partial charge in [0.25, 0.3) is 0 Å². The van der Waals surface area contributed by atoms with Gasteiger partial charge in [0.15, 0.2) is 0 Å². The fraction of sp³-hybridized carbons (Fsp3) is 0.235. The van der Waals surface area contributed by atoms with Crippen LogP contribution >= 0.6 is 0 Å². The lowest BCUT2D eigenvalue weighted by molar-refractivity contribution is 0.754. The summed E-state index contributed by atoms with van der Waals surface area (Å²) in [6, 6.07) is 14.2. The highest BCUT2D eigenvalue weighted by molar-refractivity contribution is 5.47. The molecule has 0 aliphatic heterocycles. The first kappa shape index (κ1) is 13.6. The maximum absolute atomic E-state index is 6.02. The summed E-state index contributed by atoms with van der Waals surface area (Å²) < 4.78 is 4.06. The van der Waals surface area contributed by atoms with Crippen LogP contribution in [-0.2, 0) is 6.54 Å². The molecule has 0 aliphatic carbocycles. The molecule has 0 saturated carbocycles. The number of rotatable bonds is 4. The van der Waals surface area contributed by atoms with E-state index in [4.69, 9.17) is 10.8 Å². The van der Waals surface area contributed by atoms with E-state index in [-0.39, 0.29) is 0 Å². The second-order valence-electron chi connectivity index (χ2n) is 5.38. The van der Waals surface area contributed by atoms with Gasteiger partial charge in [-0.2, -0.15) is 5.10 Å². The first-order valence-corrected chi connectivity index (χ1v) is 7.23. The van der Waals surface area contributed by atoms with Gasteiger partial charge < -0.3 is 10.3 Å². The molecular weight excluding hydrogens is 260 g/mol.